The van der Waals surface area contributed by atoms with Crippen LogP contribution in [0.15, 0.2) is 24.3 Å². The molecule has 3 N–H and O–H groups in total. The lowest BCUT2D eigenvalue weighted by Gasteiger charge is -2.44. The summed E-state index contributed by atoms with van der Waals surface area (Å²) in [6, 6.07) is 7.19. The van der Waals surface area contributed by atoms with Crippen LogP contribution in [0.5, 0.6) is 11.5 Å². The Morgan fingerprint density at radius 1 is 0.698 bits per heavy atom. The van der Waals surface area contributed by atoms with Crippen LogP contribution in [0.2, 0.25) is 0 Å². The van der Waals surface area contributed by atoms with E-state index < -0.39 is 23.4 Å². The van der Waals surface area contributed by atoms with Crippen molar-refractivity contribution in [2.45, 2.75) is 104 Å². The van der Waals surface area contributed by atoms with E-state index in [9.17, 15) is 10.2 Å². The smallest absolute Gasteiger partial charge is 0.119 e. The van der Waals surface area contributed by atoms with E-state index >= 15 is 0 Å². The molecule has 0 saturated carbocycles. The molecule has 0 fully saturated rings. The highest BCUT2D eigenvalue weighted by Gasteiger charge is 2.40. The first kappa shape index (κ1) is 39.5. The summed E-state index contributed by atoms with van der Waals surface area (Å²) in [5.41, 5.74) is -1.49. The van der Waals surface area contributed by atoms with E-state index in [0.29, 0.717) is 51.6 Å². The number of aliphatic hydroxyl groups excluding tert-OH is 3. The van der Waals surface area contributed by atoms with Crippen molar-refractivity contribution in [2.75, 3.05) is 66.6 Å². The largest absolute Gasteiger partial charge is 0.497 e. The van der Waals surface area contributed by atoms with Crippen molar-refractivity contribution in [1.29, 1.82) is 0 Å². The zero-order valence-corrected chi connectivity index (χ0v) is 28.1. The number of rotatable bonds is 25. The van der Waals surface area contributed by atoms with Crippen LogP contribution >= 0.6 is 0 Å². The van der Waals surface area contributed by atoms with Crippen molar-refractivity contribution in [3.63, 3.8) is 0 Å². The van der Waals surface area contributed by atoms with Crippen molar-refractivity contribution < 1.29 is 48.5 Å². The molecule has 0 spiro atoms. The first-order chi connectivity index (χ1) is 20.1. The molecule has 0 bridgehead atoms. The molecule has 0 heterocycles. The molecule has 3 unspecified atom stereocenters. The van der Waals surface area contributed by atoms with E-state index in [1.54, 1.807) is 31.4 Å². The fraction of sp³-hybridized carbons (Fsp3) is 0.818. The minimum atomic E-state index is -0.856. The summed E-state index contributed by atoms with van der Waals surface area (Å²) in [5.74, 6) is 1.40. The number of benzene rings is 1. The van der Waals surface area contributed by atoms with Gasteiger partial charge in [-0.3, -0.25) is 0 Å². The standard InChI is InChI=1S/C33H60O10/c1-10-33(8,16-17-38-22-26(35)21-34)43-25-30(2,3)32(6,7)42-18-15-31(4,5)41-20-19-39-23-27(36)24-40-29-13-11-28(37-9)12-14-29/h11-14,26-27,34-36H,10,15-25H2,1-9H3. The maximum absolute atomic E-state index is 10.1. The molecule has 0 aliphatic heterocycles. The molecule has 1 aromatic carbocycles. The maximum Gasteiger partial charge on any atom is 0.119 e. The highest BCUT2D eigenvalue weighted by Crippen LogP contribution is 2.36. The van der Waals surface area contributed by atoms with Gasteiger partial charge >= 0.3 is 0 Å². The van der Waals surface area contributed by atoms with Crippen LogP contribution in [0.1, 0.15) is 74.7 Å². The highest BCUT2D eigenvalue weighted by molar-refractivity contribution is 5.31. The highest BCUT2D eigenvalue weighted by atomic mass is 16.5. The molecular weight excluding hydrogens is 556 g/mol. The van der Waals surface area contributed by atoms with Crippen LogP contribution in [0, 0.1) is 5.41 Å². The Kier molecular flexibility index (Phi) is 17.6. The van der Waals surface area contributed by atoms with Gasteiger partial charge in [0.15, 0.2) is 0 Å². The van der Waals surface area contributed by atoms with Gasteiger partial charge < -0.3 is 48.5 Å². The molecule has 0 aliphatic rings. The van der Waals surface area contributed by atoms with Crippen LogP contribution in [0.25, 0.3) is 0 Å². The van der Waals surface area contributed by atoms with Gasteiger partial charge in [-0.05, 0) is 78.1 Å². The Bertz CT molecular complexity index is 858. The van der Waals surface area contributed by atoms with Gasteiger partial charge in [0.1, 0.15) is 30.3 Å². The molecule has 3 atom stereocenters. The lowest BCUT2D eigenvalue weighted by Crippen LogP contribution is -2.47. The molecule has 0 aromatic heterocycles. The van der Waals surface area contributed by atoms with Gasteiger partial charge in [-0.1, -0.05) is 20.8 Å². The zero-order valence-electron chi connectivity index (χ0n) is 28.1. The SMILES string of the molecule is CCC(C)(CCOCC(O)CO)OCC(C)(C)C(C)(C)OCCC(C)(C)OCCOCC(O)COc1ccc(OC)cc1. The van der Waals surface area contributed by atoms with Gasteiger partial charge in [-0.2, -0.15) is 0 Å². The summed E-state index contributed by atoms with van der Waals surface area (Å²) in [5, 5.41) is 28.5. The van der Waals surface area contributed by atoms with Crippen molar-refractivity contribution in [3.8, 4) is 11.5 Å². The fourth-order valence-corrected chi connectivity index (χ4v) is 3.77. The van der Waals surface area contributed by atoms with Gasteiger partial charge in [-0.25, -0.2) is 0 Å². The summed E-state index contributed by atoms with van der Waals surface area (Å²) in [6.07, 6.45) is 0.611. The summed E-state index contributed by atoms with van der Waals surface area (Å²) in [4.78, 5) is 0. The lowest BCUT2D eigenvalue weighted by molar-refractivity contribution is -0.164. The second-order valence-electron chi connectivity index (χ2n) is 13.1. The molecular formula is C33H60O10. The van der Waals surface area contributed by atoms with Crippen molar-refractivity contribution in [2.24, 2.45) is 5.41 Å². The maximum atomic E-state index is 10.1. The third-order valence-electron chi connectivity index (χ3n) is 8.15. The third kappa shape index (κ3) is 15.9. The Morgan fingerprint density at radius 3 is 1.91 bits per heavy atom. The van der Waals surface area contributed by atoms with Gasteiger partial charge in [0.25, 0.3) is 0 Å². The van der Waals surface area contributed by atoms with Gasteiger partial charge in [0.05, 0.1) is 70.2 Å². The molecule has 10 heteroatoms. The Balaban J connectivity index is 2.33. The second kappa shape index (κ2) is 19.1. The van der Waals surface area contributed by atoms with E-state index in [1.165, 1.54) is 0 Å². The Labute approximate surface area is 259 Å². The summed E-state index contributed by atoms with van der Waals surface area (Å²) in [6.45, 7) is 19.0. The van der Waals surface area contributed by atoms with Crippen molar-refractivity contribution >= 4 is 0 Å². The van der Waals surface area contributed by atoms with E-state index in [0.717, 1.165) is 12.2 Å². The number of ether oxygens (including phenoxy) is 7. The molecule has 0 saturated heterocycles. The lowest BCUT2D eigenvalue weighted by atomic mass is 9.77. The molecule has 43 heavy (non-hydrogen) atoms. The van der Waals surface area contributed by atoms with E-state index in [1.807, 2.05) is 13.8 Å². The predicted molar refractivity (Wildman–Crippen MR) is 167 cm³/mol. The van der Waals surface area contributed by atoms with Crippen molar-refractivity contribution in [3.05, 3.63) is 24.3 Å². The number of methoxy groups -OCH3 is 1. The van der Waals surface area contributed by atoms with Crippen LogP contribution < -0.4 is 9.47 Å². The molecule has 1 rings (SSSR count). The second-order valence-corrected chi connectivity index (χ2v) is 13.1. The van der Waals surface area contributed by atoms with E-state index in [2.05, 4.69) is 41.5 Å². The van der Waals surface area contributed by atoms with Gasteiger partial charge in [0, 0.05) is 12.0 Å². The predicted octanol–water partition coefficient (Wildman–Crippen LogP) is 4.40. The minimum absolute atomic E-state index is 0.111. The summed E-state index contributed by atoms with van der Waals surface area (Å²) < 4.78 is 40.6. The van der Waals surface area contributed by atoms with Crippen LogP contribution in [-0.2, 0) is 23.7 Å². The average Bonchev–Trinajstić information content (AvgIpc) is 2.96. The summed E-state index contributed by atoms with van der Waals surface area (Å²) >= 11 is 0. The average molecular weight is 617 g/mol. The molecule has 252 valence electrons. The number of aliphatic hydroxyl groups is 3. The van der Waals surface area contributed by atoms with E-state index in [4.69, 9.17) is 38.3 Å². The fourth-order valence-electron chi connectivity index (χ4n) is 3.77. The van der Waals surface area contributed by atoms with Gasteiger partial charge in [0.2, 0.25) is 0 Å². The van der Waals surface area contributed by atoms with Gasteiger partial charge in [-0.15, -0.1) is 0 Å². The minimum Gasteiger partial charge on any atom is -0.497 e. The Hall–Kier alpha value is -1.50. The summed E-state index contributed by atoms with van der Waals surface area (Å²) in [7, 11) is 1.61. The van der Waals surface area contributed by atoms with Crippen LogP contribution in [0.3, 0.4) is 0 Å². The first-order valence-electron chi connectivity index (χ1n) is 15.4. The molecule has 0 radical (unpaired) electrons. The third-order valence-corrected chi connectivity index (χ3v) is 8.15. The Morgan fingerprint density at radius 2 is 1.30 bits per heavy atom. The topological polar surface area (TPSA) is 125 Å². The van der Waals surface area contributed by atoms with E-state index in [-0.39, 0.29) is 37.4 Å². The molecule has 10 nitrogen and oxygen atoms in total. The molecule has 0 aliphatic carbocycles. The monoisotopic (exact) mass is 616 g/mol. The van der Waals surface area contributed by atoms with Crippen molar-refractivity contribution in [1.82, 2.24) is 0 Å². The quantitative estimate of drug-likeness (QED) is 0.136. The van der Waals surface area contributed by atoms with Crippen LogP contribution in [-0.4, -0.2) is 111 Å². The number of hydrogen-bond donors (Lipinski definition) is 3. The molecule has 1 aromatic rings. The normalized spacial score (nSPS) is 15.6. The first-order valence-corrected chi connectivity index (χ1v) is 15.4. The van der Waals surface area contributed by atoms with Crippen LogP contribution in [0.4, 0.5) is 0 Å². The zero-order chi connectivity index (χ0) is 32.6. The number of hydrogen-bond acceptors (Lipinski definition) is 10. The molecule has 0 amide bonds.